The van der Waals surface area contributed by atoms with E-state index in [1.165, 1.54) is 19.5 Å². The minimum Gasteiger partial charge on any atom is -0.463 e. The molecule has 1 rings (SSSR count). The number of ether oxygens (including phenoxy) is 3. The van der Waals surface area contributed by atoms with Crippen molar-refractivity contribution in [1.82, 2.24) is 5.64 Å². The highest BCUT2D eigenvalue weighted by Crippen LogP contribution is 2.35. The molecule has 1 aliphatic heterocycles. The molecular weight excluding hydrogens is 700 g/mol. The lowest BCUT2D eigenvalue weighted by atomic mass is 9.80. The molecule has 1 aliphatic rings. The zero-order valence-electron chi connectivity index (χ0n) is 27.3. The summed E-state index contributed by atoms with van der Waals surface area (Å²) in [5, 5.41) is 24.2. The molecule has 0 aromatic heterocycles. The van der Waals surface area contributed by atoms with E-state index in [0.717, 1.165) is 0 Å². The van der Waals surface area contributed by atoms with Crippen molar-refractivity contribution in [2.45, 2.75) is 65.8 Å². The second-order valence-corrected chi connectivity index (χ2v) is 9.18. The number of carbonyl (C=O) groups is 2. The van der Waals surface area contributed by atoms with Crippen molar-refractivity contribution in [3.05, 3.63) is 0 Å². The Morgan fingerprint density at radius 2 is 1.38 bits per heavy atom. The van der Waals surface area contributed by atoms with Crippen molar-refractivity contribution in [2.24, 2.45) is 17.6 Å². The Morgan fingerprint density at radius 1 is 0.860 bits per heavy atom. The van der Waals surface area contributed by atoms with Crippen molar-refractivity contribution >= 4 is 42.1 Å². The van der Waals surface area contributed by atoms with Gasteiger partial charge in [0, 0.05) is 46.9 Å². The molecule has 286 valence electrons. The minimum atomic E-state index is -0.477. The Kier molecular flexibility index (Phi) is 32.3. The van der Waals surface area contributed by atoms with Gasteiger partial charge >= 0.3 is 11.9 Å². The van der Waals surface area contributed by atoms with Gasteiger partial charge in [-0.25, -0.2) is 5.26 Å². The van der Waals surface area contributed by atoms with E-state index in [-0.39, 0.29) is 44.8 Å². The third-order valence-electron chi connectivity index (χ3n) is 5.28. The predicted molar refractivity (Wildman–Crippen MR) is 199 cm³/mol. The van der Waals surface area contributed by atoms with Gasteiger partial charge in [0.2, 0.25) is 0 Å². The quantitative estimate of drug-likeness (QED) is 0.0290. The lowest BCUT2D eigenvalue weighted by Gasteiger charge is -2.44. The van der Waals surface area contributed by atoms with E-state index in [4.69, 9.17) is 43.8 Å². The molecule has 1 fully saturated rings. The molecule has 1 saturated heterocycles. The average Bonchev–Trinajstić information content (AvgIpc) is 3.08. The largest absolute Gasteiger partial charge is 0.463 e. The maximum Gasteiger partial charge on any atom is 0.303 e. The number of nitrogens with one attached hydrogen (secondary N) is 1. The fourth-order valence-corrected chi connectivity index (χ4v) is 3.41. The number of esters is 2. The van der Waals surface area contributed by atoms with E-state index >= 15 is 0 Å². The standard InChI is InChI=1S/C17H4.C15H25NO5S.H3NO9S.10H2/c1-3-5-7-9-11-13-15-17-16-14-12-10-8-6-4-2;1-8-9(2)15(20-11(4)18)13(7-19-10(3)17)21-12(8)5-6-14(16)22;2-5-8-6-3-1-4-7-9-10-11;;;;;;;;;;/h1H,2H3;8-9,12-13,15H,5-7H2,1-4H3,(H2,16,22);1-2,11H;10*1H/t;8-,9+,12+,13+,15-;;;;;;;;;;;/m.0.........../s1. The maximum atomic E-state index is 11.3. The highest BCUT2D eigenvalue weighted by atomic mass is 32.1. The molecule has 0 bridgehead atoms. The van der Waals surface area contributed by atoms with E-state index in [1.54, 1.807) is 6.92 Å². The van der Waals surface area contributed by atoms with Crippen LogP contribution >= 0.6 is 25.1 Å². The number of nitrogens with two attached hydrogens (primary N) is 1. The molecule has 4 N–H and O–H groups in total. The summed E-state index contributed by atoms with van der Waals surface area (Å²) in [5.74, 6) is 36.4. The molecule has 0 unspecified atom stereocenters. The lowest BCUT2D eigenvalue weighted by Crippen LogP contribution is -2.52. The molecule has 18 heteroatoms. The number of hydrogen-bond donors (Lipinski definition) is 4. The van der Waals surface area contributed by atoms with Crippen LogP contribution in [0, 0.1) is 107 Å². The van der Waals surface area contributed by atoms with Gasteiger partial charge in [0.25, 0.3) is 0 Å². The van der Waals surface area contributed by atoms with Crippen LogP contribution in [0.1, 0.15) is 61.7 Å². The molecule has 1 heterocycles. The number of thiol groups is 1. The average molecular weight is 753 g/mol. The fourth-order valence-electron chi connectivity index (χ4n) is 3.26. The van der Waals surface area contributed by atoms with Gasteiger partial charge in [-0.2, -0.15) is 0 Å². The molecule has 16 nitrogen and oxygen atoms in total. The van der Waals surface area contributed by atoms with E-state index < -0.39 is 18.2 Å². The topological polar surface area (TPSA) is 194 Å². The molecule has 0 spiro atoms. The zero-order valence-corrected chi connectivity index (χ0v) is 29.0. The highest BCUT2D eigenvalue weighted by molar-refractivity contribution is 7.80. The Labute approximate surface area is 315 Å². The van der Waals surface area contributed by atoms with Gasteiger partial charge in [-0.05, 0) is 139 Å². The minimum absolute atomic E-state index is 0. The summed E-state index contributed by atoms with van der Waals surface area (Å²) < 4.78 is 20.0. The smallest absolute Gasteiger partial charge is 0.303 e. The highest BCUT2D eigenvalue weighted by Gasteiger charge is 2.43. The summed E-state index contributed by atoms with van der Waals surface area (Å²) in [6.07, 6.45) is 5.20. The first kappa shape index (κ1) is 47.3. The number of terminal acetylenes is 1. The first-order valence-electron chi connectivity index (χ1n) is 13.5. The molecule has 0 aliphatic carbocycles. The van der Waals surface area contributed by atoms with E-state index in [9.17, 15) is 9.59 Å². The van der Waals surface area contributed by atoms with Gasteiger partial charge in [0.05, 0.1) is 11.1 Å². The van der Waals surface area contributed by atoms with Gasteiger partial charge in [0.15, 0.2) is 0 Å². The number of hydrogen-bond acceptors (Lipinski definition) is 17. The summed E-state index contributed by atoms with van der Waals surface area (Å²) in [5.41, 5.74) is 7.01. The van der Waals surface area contributed by atoms with Gasteiger partial charge < -0.3 is 19.9 Å². The van der Waals surface area contributed by atoms with E-state index in [0.29, 0.717) is 17.8 Å². The van der Waals surface area contributed by atoms with Gasteiger partial charge in [-0.1, -0.05) is 42.0 Å². The van der Waals surface area contributed by atoms with Crippen LogP contribution in [-0.4, -0.2) is 47.1 Å². The Bertz CT molecular complexity index is 1580. The van der Waals surface area contributed by atoms with E-state index in [1.807, 2.05) is 13.8 Å². The zero-order chi connectivity index (χ0) is 37.8. The summed E-state index contributed by atoms with van der Waals surface area (Å²) in [4.78, 5) is 30.2. The lowest BCUT2D eigenvalue weighted by molar-refractivity contribution is -0.738. The SMILES string of the molecule is C#CC#CC#CC#CC#CC#CC#CC#CC.CC(=O)OC[C@H]1O[C@H](CCC(N)=S)[C@@H](C)[C@@H](C)[C@@H]1OC(C)=O.OOOOONOOOOS.[HH].[HH].[HH].[HH].[HH].[HH].[HH].[HH].[HH].[HH]. The van der Waals surface area contributed by atoms with Gasteiger partial charge in [0.1, 0.15) is 18.8 Å². The molecule has 5 atom stereocenters. The van der Waals surface area contributed by atoms with Crippen LogP contribution in [0.25, 0.3) is 0 Å². The Balaban J connectivity index is -0.0000000554. The normalized spacial score (nSPS) is 17.4. The summed E-state index contributed by atoms with van der Waals surface area (Å²) in [6.45, 7) is 8.52. The molecule has 0 aromatic rings. The van der Waals surface area contributed by atoms with Crippen LogP contribution in [0.5, 0.6) is 0 Å². The summed E-state index contributed by atoms with van der Waals surface area (Å²) in [7, 11) is 0. The van der Waals surface area contributed by atoms with Crippen molar-refractivity contribution in [1.29, 1.82) is 0 Å². The van der Waals surface area contributed by atoms with E-state index in [2.05, 4.69) is 141 Å². The molecule has 0 amide bonds. The molecule has 0 radical (unpaired) electrons. The van der Waals surface area contributed by atoms with Gasteiger partial charge in [-0.3, -0.25) is 9.59 Å². The first-order chi connectivity index (χ1) is 24.0. The van der Waals surface area contributed by atoms with Crippen molar-refractivity contribution in [3.63, 3.8) is 0 Å². The molecule has 50 heavy (non-hydrogen) atoms. The van der Waals surface area contributed by atoms with Crippen LogP contribution in [0.15, 0.2) is 0 Å². The van der Waals surface area contributed by atoms with Crippen LogP contribution in [0.3, 0.4) is 0 Å². The van der Waals surface area contributed by atoms with Crippen molar-refractivity contribution in [3.8, 4) is 95.2 Å². The Morgan fingerprint density at radius 3 is 1.82 bits per heavy atom. The number of rotatable bonds is 14. The number of thiocarbonyl (C=S) groups is 1. The molecular formula is C32H52N2O14S2. The molecule has 0 saturated carbocycles. The van der Waals surface area contributed by atoms with Crippen molar-refractivity contribution in [2.75, 3.05) is 6.61 Å². The third-order valence-corrected chi connectivity index (χ3v) is 5.54. The van der Waals surface area contributed by atoms with Crippen LogP contribution in [-0.2, 0) is 63.3 Å². The van der Waals surface area contributed by atoms with Gasteiger partial charge in [-0.15, -0.1) is 10.8 Å². The summed E-state index contributed by atoms with van der Waals surface area (Å²) >= 11 is 7.99. The molecule has 0 aromatic carbocycles. The predicted octanol–water partition coefficient (Wildman–Crippen LogP) is 4.06. The fraction of sp³-hybridized carbons (Fsp3) is 0.406. The van der Waals surface area contributed by atoms with Crippen molar-refractivity contribution < 1.29 is 82.8 Å². The first-order valence-corrected chi connectivity index (χ1v) is 14.3. The third kappa shape index (κ3) is 29.4. The van der Waals surface area contributed by atoms with Crippen LogP contribution < -0.4 is 11.4 Å². The summed E-state index contributed by atoms with van der Waals surface area (Å²) in [6, 6.07) is 0. The number of carbonyl (C=O) groups excluding carboxylic acids is 2. The second-order valence-electron chi connectivity index (χ2n) is 8.50. The Hall–Kier alpha value is -4.78. The monoisotopic (exact) mass is 752 g/mol. The second kappa shape index (κ2) is 34.1. The van der Waals surface area contributed by atoms with Crippen LogP contribution in [0.2, 0.25) is 0 Å². The maximum absolute atomic E-state index is 11.3. The van der Waals surface area contributed by atoms with Crippen LogP contribution in [0.4, 0.5) is 0 Å².